The molecule has 19 heavy (non-hydrogen) atoms. The van der Waals surface area contributed by atoms with E-state index >= 15 is 0 Å². The second-order valence-corrected chi connectivity index (χ2v) is 5.89. The topological polar surface area (TPSA) is 43.9 Å². The van der Waals surface area contributed by atoms with E-state index in [1.54, 1.807) is 0 Å². The first-order valence-electron chi connectivity index (χ1n) is 7.29. The maximum Gasteiger partial charge on any atom is 0.225 e. The van der Waals surface area contributed by atoms with Gasteiger partial charge in [0, 0.05) is 45.1 Å². The number of carbonyl (C=O) groups is 2. The van der Waals surface area contributed by atoms with Crippen molar-refractivity contribution in [2.24, 2.45) is 5.92 Å². The molecule has 0 aromatic heterocycles. The number of rotatable bonds is 4. The number of hydrogen-bond donors (Lipinski definition) is 0. The van der Waals surface area contributed by atoms with Crippen LogP contribution in [0, 0.1) is 5.92 Å². The van der Waals surface area contributed by atoms with E-state index < -0.39 is 0 Å². The Morgan fingerprint density at radius 3 is 2.11 bits per heavy atom. The lowest BCUT2D eigenvalue weighted by atomic mass is 9.84. The third kappa shape index (κ3) is 3.69. The first-order valence-corrected chi connectivity index (χ1v) is 7.29. The van der Waals surface area contributed by atoms with Gasteiger partial charge in [-0.05, 0) is 26.9 Å². The summed E-state index contributed by atoms with van der Waals surface area (Å²) in [5.41, 5.74) is 0. The second-order valence-electron chi connectivity index (χ2n) is 5.89. The highest BCUT2D eigenvalue weighted by atomic mass is 16.2. The van der Waals surface area contributed by atoms with Gasteiger partial charge in [-0.15, -0.1) is 0 Å². The van der Waals surface area contributed by atoms with Crippen LogP contribution in [-0.4, -0.2) is 73.3 Å². The molecular weight excluding hydrogens is 242 g/mol. The van der Waals surface area contributed by atoms with Crippen molar-refractivity contribution in [2.45, 2.75) is 25.7 Å². The van der Waals surface area contributed by atoms with Gasteiger partial charge in [0.2, 0.25) is 11.8 Å². The largest absolute Gasteiger partial charge is 0.339 e. The number of carbonyl (C=O) groups excluding carboxylic acids is 2. The van der Waals surface area contributed by atoms with Crippen molar-refractivity contribution in [1.29, 1.82) is 0 Å². The van der Waals surface area contributed by atoms with E-state index in [9.17, 15) is 9.59 Å². The second kappa shape index (κ2) is 6.37. The van der Waals surface area contributed by atoms with E-state index in [4.69, 9.17) is 0 Å². The highest BCUT2D eigenvalue weighted by molar-refractivity contribution is 5.80. The van der Waals surface area contributed by atoms with Crippen molar-refractivity contribution in [1.82, 2.24) is 14.7 Å². The van der Waals surface area contributed by atoms with Crippen LogP contribution in [0.25, 0.3) is 0 Å². The summed E-state index contributed by atoms with van der Waals surface area (Å²) in [7, 11) is 3.95. The molecule has 0 bridgehead atoms. The Labute approximate surface area is 115 Å². The zero-order chi connectivity index (χ0) is 13.8. The molecule has 0 aromatic carbocycles. The fourth-order valence-electron chi connectivity index (χ4n) is 2.57. The van der Waals surface area contributed by atoms with Crippen LogP contribution in [0.4, 0.5) is 0 Å². The van der Waals surface area contributed by atoms with Gasteiger partial charge < -0.3 is 14.7 Å². The molecule has 1 saturated heterocycles. The average molecular weight is 267 g/mol. The molecule has 1 aliphatic heterocycles. The maximum atomic E-state index is 12.1. The van der Waals surface area contributed by atoms with Gasteiger partial charge in [-0.3, -0.25) is 9.59 Å². The zero-order valence-electron chi connectivity index (χ0n) is 12.1. The van der Waals surface area contributed by atoms with Crippen LogP contribution in [0.15, 0.2) is 0 Å². The molecule has 2 aliphatic rings. The molecule has 2 rings (SSSR count). The third-order valence-corrected chi connectivity index (χ3v) is 4.17. The van der Waals surface area contributed by atoms with E-state index in [0.717, 1.165) is 19.4 Å². The van der Waals surface area contributed by atoms with Crippen molar-refractivity contribution in [3.63, 3.8) is 0 Å². The fraction of sp³-hybridized carbons (Fsp3) is 0.857. The lowest BCUT2D eigenvalue weighted by Gasteiger charge is -2.38. The SMILES string of the molecule is CN(C)CCC(=O)N1CCN(C(=O)C2CCC2)CC1. The van der Waals surface area contributed by atoms with Crippen LogP contribution >= 0.6 is 0 Å². The number of piperazine rings is 1. The Morgan fingerprint density at radius 2 is 1.63 bits per heavy atom. The minimum atomic E-state index is 0.212. The summed E-state index contributed by atoms with van der Waals surface area (Å²) in [4.78, 5) is 29.9. The summed E-state index contributed by atoms with van der Waals surface area (Å²) in [6, 6.07) is 0. The first kappa shape index (κ1) is 14.3. The van der Waals surface area contributed by atoms with Gasteiger partial charge in [0.15, 0.2) is 0 Å². The molecule has 0 N–H and O–H groups in total. The molecule has 5 nitrogen and oxygen atoms in total. The van der Waals surface area contributed by atoms with E-state index in [2.05, 4.69) is 0 Å². The summed E-state index contributed by atoms with van der Waals surface area (Å²) < 4.78 is 0. The standard InChI is InChI=1S/C14H25N3O2/c1-15(2)7-6-13(18)16-8-10-17(11-9-16)14(19)12-4-3-5-12/h12H,3-11H2,1-2H3. The smallest absolute Gasteiger partial charge is 0.225 e. The van der Waals surface area contributed by atoms with Crippen LogP contribution < -0.4 is 0 Å². The zero-order valence-corrected chi connectivity index (χ0v) is 12.1. The molecule has 1 aliphatic carbocycles. The number of hydrogen-bond acceptors (Lipinski definition) is 3. The Morgan fingerprint density at radius 1 is 1.05 bits per heavy atom. The summed E-state index contributed by atoms with van der Waals surface area (Å²) in [5.74, 6) is 0.798. The normalized spacial score (nSPS) is 20.6. The fourth-order valence-corrected chi connectivity index (χ4v) is 2.57. The molecule has 1 heterocycles. The van der Waals surface area contributed by atoms with Crippen LogP contribution in [0.1, 0.15) is 25.7 Å². The molecule has 0 radical (unpaired) electrons. The van der Waals surface area contributed by atoms with E-state index in [1.165, 1.54) is 6.42 Å². The maximum absolute atomic E-state index is 12.1. The van der Waals surface area contributed by atoms with Gasteiger partial charge in [-0.2, -0.15) is 0 Å². The molecule has 5 heteroatoms. The average Bonchev–Trinajstić information content (AvgIpc) is 2.34. The van der Waals surface area contributed by atoms with E-state index in [1.807, 2.05) is 28.8 Å². The highest BCUT2D eigenvalue weighted by Crippen LogP contribution is 2.28. The molecular formula is C14H25N3O2. The Balaban J connectivity index is 1.72. The van der Waals surface area contributed by atoms with Crippen LogP contribution in [0.3, 0.4) is 0 Å². The Hall–Kier alpha value is -1.10. The molecule has 0 aromatic rings. The van der Waals surface area contributed by atoms with Gasteiger partial charge in [-0.25, -0.2) is 0 Å². The monoisotopic (exact) mass is 267 g/mol. The van der Waals surface area contributed by atoms with Crippen molar-refractivity contribution >= 4 is 11.8 Å². The molecule has 0 unspecified atom stereocenters. The van der Waals surface area contributed by atoms with Gasteiger partial charge in [0.1, 0.15) is 0 Å². The molecule has 108 valence electrons. The van der Waals surface area contributed by atoms with E-state index in [0.29, 0.717) is 38.5 Å². The molecule has 2 fully saturated rings. The van der Waals surface area contributed by atoms with Gasteiger partial charge in [0.25, 0.3) is 0 Å². The number of amides is 2. The third-order valence-electron chi connectivity index (χ3n) is 4.17. The quantitative estimate of drug-likeness (QED) is 0.741. The highest BCUT2D eigenvalue weighted by Gasteiger charge is 2.31. The van der Waals surface area contributed by atoms with Crippen LogP contribution in [-0.2, 0) is 9.59 Å². The van der Waals surface area contributed by atoms with Crippen molar-refractivity contribution < 1.29 is 9.59 Å². The van der Waals surface area contributed by atoms with Crippen LogP contribution in [0.5, 0.6) is 0 Å². The predicted molar refractivity (Wildman–Crippen MR) is 73.7 cm³/mol. The van der Waals surface area contributed by atoms with Gasteiger partial charge in [-0.1, -0.05) is 6.42 Å². The molecule has 0 atom stereocenters. The van der Waals surface area contributed by atoms with E-state index in [-0.39, 0.29) is 11.8 Å². The Kier molecular flexibility index (Phi) is 4.80. The Bertz CT molecular complexity index is 332. The molecule has 2 amide bonds. The molecule has 0 spiro atoms. The lowest BCUT2D eigenvalue weighted by molar-refractivity contribution is -0.144. The van der Waals surface area contributed by atoms with Crippen LogP contribution in [0.2, 0.25) is 0 Å². The minimum Gasteiger partial charge on any atom is -0.339 e. The summed E-state index contributed by atoms with van der Waals surface area (Å²) in [5, 5.41) is 0. The van der Waals surface area contributed by atoms with Crippen molar-refractivity contribution in [2.75, 3.05) is 46.8 Å². The van der Waals surface area contributed by atoms with Crippen molar-refractivity contribution in [3.8, 4) is 0 Å². The van der Waals surface area contributed by atoms with Gasteiger partial charge in [0.05, 0.1) is 0 Å². The summed E-state index contributed by atoms with van der Waals surface area (Å²) in [6.45, 7) is 3.61. The first-order chi connectivity index (χ1) is 9.08. The predicted octanol–water partition coefficient (Wildman–Crippen LogP) is 0.409. The summed E-state index contributed by atoms with van der Waals surface area (Å²) >= 11 is 0. The minimum absolute atomic E-state index is 0.212. The van der Waals surface area contributed by atoms with Gasteiger partial charge >= 0.3 is 0 Å². The lowest BCUT2D eigenvalue weighted by Crippen LogP contribution is -2.52. The molecule has 1 saturated carbocycles. The summed E-state index contributed by atoms with van der Waals surface area (Å²) in [6.07, 6.45) is 3.88. The van der Waals surface area contributed by atoms with Crippen molar-refractivity contribution in [3.05, 3.63) is 0 Å². The number of nitrogens with zero attached hydrogens (tertiary/aromatic N) is 3.